The minimum absolute atomic E-state index is 0.0149. The van der Waals surface area contributed by atoms with E-state index in [-0.39, 0.29) is 23.7 Å². The Bertz CT molecular complexity index is 1700. The second-order valence-corrected chi connectivity index (χ2v) is 13.2. The summed E-state index contributed by atoms with van der Waals surface area (Å²) in [6, 6.07) is 27.5. The maximum Gasteiger partial charge on any atom is 0.411 e. The number of aromatic nitrogens is 1. The number of benzene rings is 3. The summed E-state index contributed by atoms with van der Waals surface area (Å²) in [5.41, 5.74) is 10.9. The molecular formula is C41H50N6O5. The second kappa shape index (κ2) is 20.0. The van der Waals surface area contributed by atoms with Crippen LogP contribution >= 0.6 is 0 Å². The Balaban J connectivity index is 0.959. The van der Waals surface area contributed by atoms with Crippen LogP contribution in [0.4, 0.5) is 10.5 Å². The summed E-state index contributed by atoms with van der Waals surface area (Å²) >= 11 is 0. The number of pyridine rings is 1. The number of nitrogens with zero attached hydrogens (tertiary/aromatic N) is 3. The van der Waals surface area contributed by atoms with Crippen LogP contribution in [0.3, 0.4) is 0 Å². The molecule has 2 heterocycles. The molecule has 0 radical (unpaired) electrons. The van der Waals surface area contributed by atoms with Crippen LogP contribution in [-0.2, 0) is 27.3 Å². The molecule has 0 bridgehead atoms. The molecule has 1 unspecified atom stereocenters. The molecule has 1 saturated heterocycles. The van der Waals surface area contributed by atoms with Crippen molar-refractivity contribution in [3.05, 3.63) is 115 Å². The highest BCUT2D eigenvalue weighted by Crippen LogP contribution is 2.28. The lowest BCUT2D eigenvalue weighted by atomic mass is 10.0. The first-order chi connectivity index (χ1) is 25.3. The topological polar surface area (TPSA) is 150 Å². The Morgan fingerprint density at radius 1 is 0.885 bits per heavy atom. The number of phenols is 1. The molecule has 11 heteroatoms. The van der Waals surface area contributed by atoms with E-state index in [4.69, 9.17) is 10.5 Å². The number of rotatable bonds is 17. The van der Waals surface area contributed by atoms with Crippen molar-refractivity contribution in [3.8, 4) is 16.9 Å². The first-order valence-corrected chi connectivity index (χ1v) is 18.2. The summed E-state index contributed by atoms with van der Waals surface area (Å²) < 4.78 is 5.75. The first kappa shape index (κ1) is 38.0. The minimum atomic E-state index is -0.676. The number of anilines is 1. The zero-order valence-corrected chi connectivity index (χ0v) is 29.7. The fourth-order valence-electron chi connectivity index (χ4n) is 6.37. The first-order valence-electron chi connectivity index (χ1n) is 18.2. The van der Waals surface area contributed by atoms with Crippen LogP contribution in [-0.4, -0.2) is 82.7 Å². The molecule has 4 aromatic rings. The number of hydrogen-bond acceptors (Lipinski definition) is 8. The van der Waals surface area contributed by atoms with Gasteiger partial charge in [-0.05, 0) is 85.5 Å². The summed E-state index contributed by atoms with van der Waals surface area (Å²) in [4.78, 5) is 46.7. The molecule has 0 saturated carbocycles. The van der Waals surface area contributed by atoms with Gasteiger partial charge in [0.15, 0.2) is 0 Å². The normalized spacial score (nSPS) is 13.9. The number of carbonyl (C=O) groups is 3. The Morgan fingerprint density at radius 2 is 1.60 bits per heavy atom. The van der Waals surface area contributed by atoms with Crippen molar-refractivity contribution in [1.29, 1.82) is 0 Å². The molecule has 0 aliphatic carbocycles. The van der Waals surface area contributed by atoms with Crippen molar-refractivity contribution in [2.45, 2.75) is 63.6 Å². The average molecular weight is 707 g/mol. The lowest BCUT2D eigenvalue weighted by molar-refractivity contribution is -0.133. The van der Waals surface area contributed by atoms with Gasteiger partial charge in [-0.25, -0.2) is 4.79 Å². The van der Waals surface area contributed by atoms with Crippen LogP contribution in [0.2, 0.25) is 0 Å². The van der Waals surface area contributed by atoms with Crippen molar-refractivity contribution in [2.24, 2.45) is 5.73 Å². The van der Waals surface area contributed by atoms with Crippen molar-refractivity contribution in [1.82, 2.24) is 20.1 Å². The third-order valence-electron chi connectivity index (χ3n) is 9.28. The zero-order chi connectivity index (χ0) is 36.5. The molecule has 1 fully saturated rings. The van der Waals surface area contributed by atoms with Gasteiger partial charge in [0.2, 0.25) is 11.8 Å². The summed E-state index contributed by atoms with van der Waals surface area (Å²) in [5, 5.41) is 15.6. The van der Waals surface area contributed by atoms with Gasteiger partial charge in [0.25, 0.3) is 0 Å². The van der Waals surface area contributed by atoms with Gasteiger partial charge in [-0.3, -0.25) is 19.9 Å². The summed E-state index contributed by atoms with van der Waals surface area (Å²) in [6.45, 7) is 3.70. The predicted octanol–water partition coefficient (Wildman–Crippen LogP) is 5.74. The van der Waals surface area contributed by atoms with Gasteiger partial charge in [0, 0.05) is 63.6 Å². The summed E-state index contributed by atoms with van der Waals surface area (Å²) in [5.74, 6) is 0.0682. The molecule has 1 aliphatic rings. The quantitative estimate of drug-likeness (QED) is 0.102. The van der Waals surface area contributed by atoms with E-state index in [0.717, 1.165) is 67.4 Å². The van der Waals surface area contributed by atoms with Gasteiger partial charge < -0.3 is 30.7 Å². The van der Waals surface area contributed by atoms with Gasteiger partial charge in [0.1, 0.15) is 11.9 Å². The van der Waals surface area contributed by atoms with E-state index in [1.807, 2.05) is 78.9 Å². The lowest BCUT2D eigenvalue weighted by Gasteiger charge is -2.31. The van der Waals surface area contributed by atoms with Crippen molar-refractivity contribution in [2.75, 3.05) is 38.0 Å². The Hall–Kier alpha value is -5.26. The number of phenolic OH excluding ortho intramolecular Hbond substituents is 1. The highest BCUT2D eigenvalue weighted by molar-refractivity contribution is 5.91. The number of piperidine rings is 1. The standard InChI is InChI=1S/C41H50N6O5/c42-37(29-31-17-23-43-24-18-31)40(50)47(30-32-13-15-34(48)16-14-32)25-8-2-7-22-44-39(49)21-28-46-26-19-35(20-27-46)52-41(51)45-38-12-6-5-11-36(38)33-9-3-1-4-10-33/h1,3-6,9-18,23-24,35,37,48H,2,7-8,19-22,25-30,42H2,(H,44,49)(H,45,51). The number of carbonyl (C=O) groups excluding carboxylic acids is 3. The molecule has 52 heavy (non-hydrogen) atoms. The molecule has 11 nitrogen and oxygen atoms in total. The number of hydrogen-bond donors (Lipinski definition) is 4. The highest BCUT2D eigenvalue weighted by atomic mass is 16.6. The number of nitrogens with two attached hydrogens (primary N) is 1. The third-order valence-corrected chi connectivity index (χ3v) is 9.28. The van der Waals surface area contributed by atoms with E-state index in [9.17, 15) is 19.5 Å². The predicted molar refractivity (Wildman–Crippen MR) is 202 cm³/mol. The maximum absolute atomic E-state index is 13.4. The number of unbranched alkanes of at least 4 members (excludes halogenated alkanes) is 2. The van der Waals surface area contributed by atoms with Crippen LogP contribution < -0.4 is 16.4 Å². The fraction of sp³-hybridized carbons (Fsp3) is 0.366. The van der Waals surface area contributed by atoms with Crippen molar-refractivity contribution < 1.29 is 24.2 Å². The van der Waals surface area contributed by atoms with Crippen LogP contribution in [0.5, 0.6) is 5.75 Å². The van der Waals surface area contributed by atoms with E-state index in [0.29, 0.717) is 44.7 Å². The SMILES string of the molecule is NC(Cc1ccncc1)C(=O)N(CCCCCNC(=O)CCN1CCC(OC(=O)Nc2ccccc2-c2ccccc2)CC1)Cc1ccc(O)cc1. The smallest absolute Gasteiger partial charge is 0.411 e. The molecule has 5 rings (SSSR count). The molecule has 3 amide bonds. The number of likely N-dealkylation sites (tertiary alicyclic amines) is 1. The van der Waals surface area contributed by atoms with Crippen LogP contribution in [0.1, 0.15) is 49.7 Å². The monoisotopic (exact) mass is 706 g/mol. The van der Waals surface area contributed by atoms with Crippen molar-refractivity contribution >= 4 is 23.6 Å². The molecule has 0 spiro atoms. The summed E-state index contributed by atoms with van der Waals surface area (Å²) in [7, 11) is 0. The third kappa shape index (κ3) is 12.2. The molecule has 1 aliphatic heterocycles. The lowest BCUT2D eigenvalue weighted by Crippen LogP contribution is -2.45. The van der Waals surface area contributed by atoms with Gasteiger partial charge in [-0.2, -0.15) is 0 Å². The van der Waals surface area contributed by atoms with E-state index in [1.54, 1.807) is 29.4 Å². The second-order valence-electron chi connectivity index (χ2n) is 13.2. The van der Waals surface area contributed by atoms with Gasteiger partial charge >= 0.3 is 6.09 Å². The van der Waals surface area contributed by atoms with E-state index >= 15 is 0 Å². The average Bonchev–Trinajstić information content (AvgIpc) is 3.17. The Kier molecular flexibility index (Phi) is 14.6. The van der Waals surface area contributed by atoms with Crippen LogP contribution in [0.15, 0.2) is 103 Å². The van der Waals surface area contributed by atoms with Gasteiger partial charge in [0.05, 0.1) is 11.7 Å². The van der Waals surface area contributed by atoms with Gasteiger partial charge in [-0.1, -0.05) is 60.7 Å². The highest BCUT2D eigenvalue weighted by Gasteiger charge is 2.24. The fourth-order valence-corrected chi connectivity index (χ4v) is 6.37. The zero-order valence-electron chi connectivity index (χ0n) is 29.7. The molecule has 5 N–H and O–H groups in total. The molecule has 3 aromatic carbocycles. The molecular weight excluding hydrogens is 656 g/mol. The van der Waals surface area contributed by atoms with E-state index in [1.165, 1.54) is 0 Å². The Labute approximate surface area is 306 Å². The van der Waals surface area contributed by atoms with E-state index < -0.39 is 12.1 Å². The van der Waals surface area contributed by atoms with Gasteiger partial charge in [-0.15, -0.1) is 0 Å². The van der Waals surface area contributed by atoms with Crippen molar-refractivity contribution in [3.63, 3.8) is 0 Å². The van der Waals surface area contributed by atoms with E-state index in [2.05, 4.69) is 20.5 Å². The number of aromatic hydroxyl groups is 1. The molecule has 274 valence electrons. The maximum atomic E-state index is 13.4. The van der Waals surface area contributed by atoms with Crippen LogP contribution in [0.25, 0.3) is 11.1 Å². The number of para-hydroxylation sites is 1. The molecule has 1 atom stereocenters. The molecule has 1 aromatic heterocycles. The Morgan fingerprint density at radius 3 is 2.35 bits per heavy atom. The largest absolute Gasteiger partial charge is 0.508 e. The minimum Gasteiger partial charge on any atom is -0.508 e. The number of nitrogens with one attached hydrogen (secondary N) is 2. The van der Waals surface area contributed by atoms with Crippen LogP contribution in [0, 0.1) is 0 Å². The number of ether oxygens (including phenoxy) is 1. The summed E-state index contributed by atoms with van der Waals surface area (Å²) in [6.07, 6.45) is 7.45. The number of amides is 3.